The molecule has 2 aromatic carbocycles. The molecule has 0 unspecified atom stereocenters. The molecule has 1 aliphatic carbocycles. The normalized spacial score (nSPS) is 17.4. The van der Waals surface area contributed by atoms with Crippen LogP contribution < -0.4 is 14.8 Å². The summed E-state index contributed by atoms with van der Waals surface area (Å²) >= 11 is 1.58. The second-order valence-corrected chi connectivity index (χ2v) is 8.68. The molecule has 164 valence electrons. The first-order valence-electron chi connectivity index (χ1n) is 10.6. The molecule has 5 rings (SSSR count). The van der Waals surface area contributed by atoms with Crippen LogP contribution in [0.3, 0.4) is 0 Å². The molecule has 7 nitrogen and oxygen atoms in total. The summed E-state index contributed by atoms with van der Waals surface area (Å²) in [6.07, 6.45) is 2.19. The molecule has 2 aliphatic rings. The lowest BCUT2D eigenvalue weighted by Gasteiger charge is -2.32. The lowest BCUT2D eigenvalue weighted by Crippen LogP contribution is -2.31. The molecule has 1 atom stereocenters. The summed E-state index contributed by atoms with van der Waals surface area (Å²) < 4.78 is 12.9. The predicted molar refractivity (Wildman–Crippen MR) is 123 cm³/mol. The Morgan fingerprint density at radius 3 is 2.75 bits per heavy atom. The molecule has 8 heteroatoms. The monoisotopic (exact) mass is 448 g/mol. The fourth-order valence-electron chi connectivity index (χ4n) is 4.25. The zero-order chi connectivity index (χ0) is 22.1. The predicted octanol–water partition coefficient (Wildman–Crippen LogP) is 4.61. The maximum Gasteiger partial charge on any atom is 0.227 e. The van der Waals surface area contributed by atoms with E-state index in [-0.39, 0.29) is 5.78 Å². The van der Waals surface area contributed by atoms with Crippen molar-refractivity contribution >= 4 is 23.5 Å². The number of methoxy groups -OCH3 is 2. The minimum absolute atomic E-state index is 0.140. The molecule has 0 bridgehead atoms. The third-order valence-corrected chi connectivity index (χ3v) is 6.70. The standard InChI is InChI=1S/C24H24N4O3S/c1-30-16-11-12-17(20(13-16)31-2)22-21-18(9-6-10-19(21)29)25-23-26-24(27-28(22)23)32-14-15-7-4-3-5-8-15/h3-5,7-8,11-13,22H,6,9-10,14H2,1-2H3,(H,25,26,27)/t22-/m0/s1. The smallest absolute Gasteiger partial charge is 0.227 e. The second-order valence-electron chi connectivity index (χ2n) is 7.74. The molecule has 0 fully saturated rings. The highest BCUT2D eigenvalue weighted by Crippen LogP contribution is 2.44. The molecule has 1 N–H and O–H groups in total. The molecular formula is C24H24N4O3S. The van der Waals surface area contributed by atoms with Gasteiger partial charge < -0.3 is 14.8 Å². The van der Waals surface area contributed by atoms with E-state index in [2.05, 4.69) is 17.4 Å². The van der Waals surface area contributed by atoms with Gasteiger partial charge in [-0.3, -0.25) is 4.79 Å². The van der Waals surface area contributed by atoms with Gasteiger partial charge in [-0.15, -0.1) is 5.10 Å². The van der Waals surface area contributed by atoms with Crippen LogP contribution in [-0.2, 0) is 10.5 Å². The van der Waals surface area contributed by atoms with E-state index in [0.29, 0.717) is 29.0 Å². The number of anilines is 1. The first kappa shape index (κ1) is 20.6. The lowest BCUT2D eigenvalue weighted by molar-refractivity contribution is -0.116. The van der Waals surface area contributed by atoms with Crippen molar-refractivity contribution in [3.8, 4) is 11.5 Å². The largest absolute Gasteiger partial charge is 0.497 e. The van der Waals surface area contributed by atoms with Gasteiger partial charge in [0.25, 0.3) is 0 Å². The summed E-state index contributed by atoms with van der Waals surface area (Å²) in [5.41, 5.74) is 3.75. The van der Waals surface area contributed by atoms with Crippen molar-refractivity contribution in [1.82, 2.24) is 14.8 Å². The molecule has 0 amide bonds. The van der Waals surface area contributed by atoms with Crippen LogP contribution in [0.1, 0.15) is 36.4 Å². The summed E-state index contributed by atoms with van der Waals surface area (Å²) in [7, 11) is 3.25. The van der Waals surface area contributed by atoms with Crippen molar-refractivity contribution < 1.29 is 14.3 Å². The third-order valence-electron chi connectivity index (χ3n) is 5.79. The quantitative estimate of drug-likeness (QED) is 0.552. The fourth-order valence-corrected chi connectivity index (χ4v) is 5.04. The number of carbonyl (C=O) groups excluding carboxylic acids is 1. The van der Waals surface area contributed by atoms with Gasteiger partial charge in [-0.1, -0.05) is 42.1 Å². The van der Waals surface area contributed by atoms with Gasteiger partial charge in [-0.2, -0.15) is 4.98 Å². The number of benzene rings is 2. The van der Waals surface area contributed by atoms with Crippen LogP contribution in [0.25, 0.3) is 0 Å². The van der Waals surface area contributed by atoms with Gasteiger partial charge in [0, 0.05) is 35.1 Å². The third kappa shape index (κ3) is 3.75. The molecule has 1 aliphatic heterocycles. The van der Waals surface area contributed by atoms with Crippen LogP contribution in [-0.4, -0.2) is 34.8 Å². The Labute approximate surface area is 190 Å². The molecule has 0 radical (unpaired) electrons. The van der Waals surface area contributed by atoms with Crippen molar-refractivity contribution in [2.24, 2.45) is 0 Å². The van der Waals surface area contributed by atoms with Crippen molar-refractivity contribution in [3.05, 3.63) is 70.9 Å². The Hall–Kier alpha value is -3.26. The van der Waals surface area contributed by atoms with E-state index in [9.17, 15) is 4.79 Å². The van der Waals surface area contributed by atoms with Gasteiger partial charge in [0.1, 0.15) is 17.5 Å². The highest BCUT2D eigenvalue weighted by atomic mass is 32.2. The summed E-state index contributed by atoms with van der Waals surface area (Å²) in [4.78, 5) is 17.8. The number of thioether (sulfide) groups is 1. The number of fused-ring (bicyclic) bond motifs is 1. The van der Waals surface area contributed by atoms with Crippen LogP contribution in [0.4, 0.5) is 5.95 Å². The first-order chi connectivity index (χ1) is 15.7. The number of Topliss-reactive ketones (excluding diaryl/α,β-unsaturated/α-hetero) is 1. The maximum atomic E-state index is 13.0. The Morgan fingerprint density at radius 2 is 1.97 bits per heavy atom. The zero-order valence-corrected chi connectivity index (χ0v) is 18.8. The number of aromatic nitrogens is 3. The molecule has 1 aromatic heterocycles. The zero-order valence-electron chi connectivity index (χ0n) is 18.0. The van der Waals surface area contributed by atoms with Crippen LogP contribution in [0, 0.1) is 0 Å². The number of ketones is 1. The van der Waals surface area contributed by atoms with E-state index in [1.807, 2.05) is 41.1 Å². The first-order valence-corrected chi connectivity index (χ1v) is 11.5. The molecule has 0 spiro atoms. The molecule has 0 saturated carbocycles. The molecular weight excluding hydrogens is 424 g/mol. The van der Waals surface area contributed by atoms with E-state index in [1.165, 1.54) is 5.56 Å². The number of allylic oxidation sites excluding steroid dienone is 2. The minimum atomic E-state index is -0.395. The number of rotatable bonds is 6. The molecule has 0 saturated heterocycles. The number of carbonyl (C=O) groups is 1. The van der Waals surface area contributed by atoms with Crippen LogP contribution in [0.5, 0.6) is 11.5 Å². The summed E-state index contributed by atoms with van der Waals surface area (Å²) in [6.45, 7) is 0. The van der Waals surface area contributed by atoms with Gasteiger partial charge in [0.15, 0.2) is 5.78 Å². The van der Waals surface area contributed by atoms with Gasteiger partial charge in [0.2, 0.25) is 11.1 Å². The summed E-state index contributed by atoms with van der Waals surface area (Å²) in [5, 5.41) is 8.84. The van der Waals surface area contributed by atoms with E-state index in [0.717, 1.165) is 35.4 Å². The maximum absolute atomic E-state index is 13.0. The topological polar surface area (TPSA) is 78.3 Å². The van der Waals surface area contributed by atoms with E-state index in [4.69, 9.17) is 19.6 Å². The van der Waals surface area contributed by atoms with Crippen LogP contribution in [0.15, 0.2) is 65.0 Å². The van der Waals surface area contributed by atoms with Crippen LogP contribution in [0.2, 0.25) is 0 Å². The molecule has 2 heterocycles. The molecule has 32 heavy (non-hydrogen) atoms. The Morgan fingerprint density at radius 1 is 1.12 bits per heavy atom. The highest BCUT2D eigenvalue weighted by molar-refractivity contribution is 7.98. The van der Waals surface area contributed by atoms with Crippen LogP contribution >= 0.6 is 11.8 Å². The summed E-state index contributed by atoms with van der Waals surface area (Å²) in [6, 6.07) is 15.5. The number of nitrogens with one attached hydrogen (secondary N) is 1. The van der Waals surface area contributed by atoms with Crippen molar-refractivity contribution in [2.45, 2.75) is 36.2 Å². The average molecular weight is 449 g/mol. The van der Waals surface area contributed by atoms with Crippen molar-refractivity contribution in [2.75, 3.05) is 19.5 Å². The lowest BCUT2D eigenvalue weighted by atomic mass is 9.85. The van der Waals surface area contributed by atoms with Crippen molar-refractivity contribution in [1.29, 1.82) is 0 Å². The van der Waals surface area contributed by atoms with E-state index >= 15 is 0 Å². The van der Waals surface area contributed by atoms with Crippen molar-refractivity contribution in [3.63, 3.8) is 0 Å². The number of hydrogen-bond donors (Lipinski definition) is 1. The van der Waals surface area contributed by atoms with Gasteiger partial charge >= 0.3 is 0 Å². The Kier molecular flexibility index (Phi) is 5.61. The van der Waals surface area contributed by atoms with E-state index in [1.54, 1.807) is 26.0 Å². The fraction of sp³-hybridized carbons (Fsp3) is 0.292. The number of ether oxygens (including phenoxy) is 2. The Balaban J connectivity index is 1.56. The highest BCUT2D eigenvalue weighted by Gasteiger charge is 2.38. The van der Waals surface area contributed by atoms with Gasteiger partial charge in [-0.05, 0) is 30.5 Å². The number of hydrogen-bond acceptors (Lipinski definition) is 7. The summed E-state index contributed by atoms with van der Waals surface area (Å²) in [5.74, 6) is 2.91. The van der Waals surface area contributed by atoms with Gasteiger partial charge in [-0.25, -0.2) is 4.68 Å². The SMILES string of the molecule is COc1ccc([C@H]2C3=C(CCCC3=O)Nc3nc(SCc4ccccc4)nn32)c(OC)c1. The number of nitrogens with zero attached hydrogens (tertiary/aromatic N) is 3. The second kappa shape index (κ2) is 8.70. The minimum Gasteiger partial charge on any atom is -0.497 e. The average Bonchev–Trinajstić information content (AvgIpc) is 3.24. The Bertz CT molecular complexity index is 1190. The molecule has 3 aromatic rings. The van der Waals surface area contributed by atoms with Gasteiger partial charge in [0.05, 0.1) is 14.2 Å². The van der Waals surface area contributed by atoms with E-state index < -0.39 is 6.04 Å².